The molecule has 1 aromatic carbocycles. The van der Waals surface area contributed by atoms with E-state index in [4.69, 9.17) is 15.2 Å². The van der Waals surface area contributed by atoms with Crippen molar-refractivity contribution < 1.29 is 19.1 Å². The molecule has 0 saturated carbocycles. The molecular formula is C18H25N3O4. The maximum absolute atomic E-state index is 12.8. The minimum Gasteiger partial charge on any atom is -0.493 e. The molecule has 0 aliphatic carbocycles. The Morgan fingerprint density at radius 2 is 2.28 bits per heavy atom. The first-order chi connectivity index (χ1) is 12.1. The zero-order valence-electron chi connectivity index (χ0n) is 14.5. The molecule has 2 aliphatic heterocycles. The van der Waals surface area contributed by atoms with Crippen molar-refractivity contribution in [3.05, 3.63) is 23.8 Å². The molecule has 2 aliphatic rings. The lowest BCUT2D eigenvalue weighted by Crippen LogP contribution is -2.55. The van der Waals surface area contributed by atoms with Gasteiger partial charge in [0, 0.05) is 25.8 Å². The molecule has 0 aromatic heterocycles. The number of methoxy groups -OCH3 is 1. The van der Waals surface area contributed by atoms with Crippen LogP contribution in [-0.2, 0) is 20.7 Å². The number of likely N-dealkylation sites (tertiary alicyclic amines) is 1. The minimum absolute atomic E-state index is 0.147. The van der Waals surface area contributed by atoms with E-state index in [9.17, 15) is 9.59 Å². The molecule has 0 spiro atoms. The van der Waals surface area contributed by atoms with Crippen LogP contribution in [0.4, 0.5) is 5.69 Å². The van der Waals surface area contributed by atoms with Crippen LogP contribution in [0.15, 0.2) is 18.2 Å². The number of hydrogen-bond donors (Lipinski definition) is 2. The third-order valence-corrected chi connectivity index (χ3v) is 4.71. The molecular weight excluding hydrogens is 322 g/mol. The number of carbonyl (C=O) groups is 2. The van der Waals surface area contributed by atoms with Crippen molar-refractivity contribution in [2.24, 2.45) is 5.73 Å². The van der Waals surface area contributed by atoms with Crippen molar-refractivity contribution in [1.82, 2.24) is 4.90 Å². The number of nitrogens with zero attached hydrogens (tertiary/aromatic N) is 1. The number of carbonyl (C=O) groups excluding carboxylic acids is 2. The summed E-state index contributed by atoms with van der Waals surface area (Å²) in [5, 5.41) is 2.94. The maximum atomic E-state index is 12.8. The van der Waals surface area contributed by atoms with Gasteiger partial charge in [0.2, 0.25) is 11.8 Å². The fourth-order valence-electron chi connectivity index (χ4n) is 3.42. The van der Waals surface area contributed by atoms with E-state index in [0.717, 1.165) is 36.3 Å². The Bertz CT molecular complexity index is 649. The highest BCUT2D eigenvalue weighted by atomic mass is 16.5. The summed E-state index contributed by atoms with van der Waals surface area (Å²) in [6.07, 6.45) is 3.29. The van der Waals surface area contributed by atoms with Crippen LogP contribution >= 0.6 is 0 Å². The summed E-state index contributed by atoms with van der Waals surface area (Å²) in [5.74, 6) is 0.471. The number of nitrogens with one attached hydrogen (secondary N) is 1. The maximum Gasteiger partial charge on any atom is 0.247 e. The summed E-state index contributed by atoms with van der Waals surface area (Å²) >= 11 is 0. The fraction of sp³-hybridized carbons (Fsp3) is 0.556. The molecule has 7 heteroatoms. The highest BCUT2D eigenvalue weighted by Gasteiger charge is 2.34. The molecule has 25 heavy (non-hydrogen) atoms. The number of hydrogen-bond acceptors (Lipinski definition) is 5. The molecule has 1 fully saturated rings. The molecule has 3 N–H and O–H groups in total. The second kappa shape index (κ2) is 7.84. The van der Waals surface area contributed by atoms with E-state index in [1.54, 1.807) is 4.90 Å². The van der Waals surface area contributed by atoms with Crippen LogP contribution in [0.5, 0.6) is 5.75 Å². The van der Waals surface area contributed by atoms with Gasteiger partial charge in [-0.25, -0.2) is 0 Å². The van der Waals surface area contributed by atoms with Gasteiger partial charge in [-0.1, -0.05) is 0 Å². The predicted octanol–water partition coefficient (Wildman–Crippen LogP) is 0.915. The highest BCUT2D eigenvalue weighted by Crippen LogP contribution is 2.28. The molecule has 2 unspecified atom stereocenters. The zero-order chi connectivity index (χ0) is 17.8. The largest absolute Gasteiger partial charge is 0.493 e. The summed E-state index contributed by atoms with van der Waals surface area (Å²) < 4.78 is 10.4. The molecule has 2 heterocycles. The Morgan fingerprint density at radius 1 is 1.44 bits per heavy atom. The van der Waals surface area contributed by atoms with Gasteiger partial charge in [-0.3, -0.25) is 9.59 Å². The fourth-order valence-corrected chi connectivity index (χ4v) is 3.42. The normalized spacial score (nSPS) is 20.6. The Morgan fingerprint density at radius 3 is 3.08 bits per heavy atom. The van der Waals surface area contributed by atoms with Crippen LogP contribution in [0.25, 0.3) is 0 Å². The second-order valence-electron chi connectivity index (χ2n) is 6.52. The van der Waals surface area contributed by atoms with Gasteiger partial charge in [0.25, 0.3) is 0 Å². The van der Waals surface area contributed by atoms with Crippen molar-refractivity contribution >= 4 is 17.5 Å². The van der Waals surface area contributed by atoms with Gasteiger partial charge in [-0.05, 0) is 43.0 Å². The molecule has 2 amide bonds. The Kier molecular flexibility index (Phi) is 5.55. The number of ether oxygens (including phenoxy) is 2. The van der Waals surface area contributed by atoms with Crippen molar-refractivity contribution in [1.29, 1.82) is 0 Å². The number of nitrogens with two attached hydrogens (primary N) is 1. The van der Waals surface area contributed by atoms with Gasteiger partial charge in [-0.15, -0.1) is 0 Å². The number of amides is 2. The quantitative estimate of drug-likeness (QED) is 0.826. The topological polar surface area (TPSA) is 93.9 Å². The summed E-state index contributed by atoms with van der Waals surface area (Å²) in [6.45, 7) is 1.37. The third kappa shape index (κ3) is 3.93. The van der Waals surface area contributed by atoms with E-state index < -0.39 is 12.1 Å². The Hall–Kier alpha value is -2.12. The van der Waals surface area contributed by atoms with Crippen LogP contribution in [0.2, 0.25) is 0 Å². The first-order valence-electron chi connectivity index (χ1n) is 8.71. The number of fused-ring (bicyclic) bond motifs is 1. The third-order valence-electron chi connectivity index (χ3n) is 4.71. The van der Waals surface area contributed by atoms with Gasteiger partial charge >= 0.3 is 0 Å². The number of rotatable bonds is 5. The lowest BCUT2D eigenvalue weighted by Gasteiger charge is -2.36. The summed E-state index contributed by atoms with van der Waals surface area (Å²) in [5.41, 5.74) is 7.70. The smallest absolute Gasteiger partial charge is 0.247 e. The highest BCUT2D eigenvalue weighted by molar-refractivity contribution is 5.98. The minimum atomic E-state index is -0.740. The molecule has 136 valence electrons. The van der Waals surface area contributed by atoms with Crippen molar-refractivity contribution in [2.75, 3.05) is 32.2 Å². The van der Waals surface area contributed by atoms with E-state index in [-0.39, 0.29) is 18.4 Å². The molecule has 1 saturated heterocycles. The standard InChI is InChI=1S/C18H25N3O4/c1-24-11-14(19)18(23)21-8-3-2-4-15(21)17(22)20-13-5-6-16-12(10-13)7-9-25-16/h5-6,10,14-15H,2-4,7-9,11,19H2,1H3,(H,20,22). The Labute approximate surface area is 147 Å². The monoisotopic (exact) mass is 347 g/mol. The summed E-state index contributed by atoms with van der Waals surface area (Å²) in [7, 11) is 1.51. The summed E-state index contributed by atoms with van der Waals surface area (Å²) in [4.78, 5) is 26.9. The molecule has 3 rings (SSSR count). The SMILES string of the molecule is COCC(N)C(=O)N1CCCCC1C(=O)Nc1ccc2c(c1)CCO2. The van der Waals surface area contributed by atoms with E-state index in [1.165, 1.54) is 7.11 Å². The van der Waals surface area contributed by atoms with E-state index in [2.05, 4.69) is 5.32 Å². The van der Waals surface area contributed by atoms with Gasteiger partial charge in [0.05, 0.1) is 13.2 Å². The van der Waals surface area contributed by atoms with Crippen LogP contribution in [0, 0.1) is 0 Å². The molecule has 1 aromatic rings. The van der Waals surface area contributed by atoms with Gasteiger partial charge in [0.1, 0.15) is 17.8 Å². The molecule has 2 atom stereocenters. The first kappa shape index (κ1) is 17.7. The van der Waals surface area contributed by atoms with Crippen molar-refractivity contribution in [3.63, 3.8) is 0 Å². The second-order valence-corrected chi connectivity index (χ2v) is 6.52. The number of piperidine rings is 1. The van der Waals surface area contributed by atoms with E-state index in [1.807, 2.05) is 18.2 Å². The van der Waals surface area contributed by atoms with Crippen molar-refractivity contribution in [3.8, 4) is 5.75 Å². The lowest BCUT2D eigenvalue weighted by molar-refractivity contribution is -0.142. The van der Waals surface area contributed by atoms with Crippen LogP contribution in [0.3, 0.4) is 0 Å². The van der Waals surface area contributed by atoms with E-state index >= 15 is 0 Å². The van der Waals surface area contributed by atoms with Crippen LogP contribution in [0.1, 0.15) is 24.8 Å². The number of anilines is 1. The van der Waals surface area contributed by atoms with Gasteiger partial charge < -0.3 is 25.4 Å². The summed E-state index contributed by atoms with van der Waals surface area (Å²) in [6, 6.07) is 4.40. The predicted molar refractivity (Wildman–Crippen MR) is 93.5 cm³/mol. The van der Waals surface area contributed by atoms with Crippen LogP contribution < -0.4 is 15.8 Å². The van der Waals surface area contributed by atoms with Gasteiger partial charge in [0.15, 0.2) is 0 Å². The van der Waals surface area contributed by atoms with Gasteiger partial charge in [-0.2, -0.15) is 0 Å². The first-order valence-corrected chi connectivity index (χ1v) is 8.71. The molecule has 0 radical (unpaired) electrons. The molecule has 7 nitrogen and oxygen atoms in total. The Balaban J connectivity index is 1.69. The average Bonchev–Trinajstić information content (AvgIpc) is 3.09. The average molecular weight is 347 g/mol. The van der Waals surface area contributed by atoms with Crippen molar-refractivity contribution in [2.45, 2.75) is 37.8 Å². The molecule has 0 bridgehead atoms. The van der Waals surface area contributed by atoms with Crippen LogP contribution in [-0.4, -0.2) is 55.7 Å². The number of benzene rings is 1. The van der Waals surface area contributed by atoms with E-state index in [0.29, 0.717) is 19.6 Å². The lowest BCUT2D eigenvalue weighted by atomic mass is 10.00. The zero-order valence-corrected chi connectivity index (χ0v) is 14.5.